The number of carboxylic acids is 1. The van der Waals surface area contributed by atoms with Crippen molar-refractivity contribution < 1.29 is 27.9 Å². The molecule has 0 radical (unpaired) electrons. The number of alkyl halides is 3. The van der Waals surface area contributed by atoms with Crippen molar-refractivity contribution in [2.45, 2.75) is 37.7 Å². The summed E-state index contributed by atoms with van der Waals surface area (Å²) < 4.78 is 37.5. The molecule has 0 fully saturated rings. The Kier molecular flexibility index (Phi) is 5.31. The van der Waals surface area contributed by atoms with E-state index >= 15 is 0 Å². The number of carboxylic acid groups (broad SMARTS) is 1. The molecule has 2 N–H and O–H groups in total. The van der Waals surface area contributed by atoms with E-state index in [1.54, 1.807) is 13.8 Å². The highest BCUT2D eigenvalue weighted by Crippen LogP contribution is 2.30. The highest BCUT2D eigenvalue weighted by molar-refractivity contribution is 8.00. The maximum atomic E-state index is 12.5. The number of hydrogen-bond acceptors (Lipinski definition) is 3. The second-order valence-electron chi connectivity index (χ2n) is 3.84. The lowest BCUT2D eigenvalue weighted by Crippen LogP contribution is -2.62. The minimum Gasteiger partial charge on any atom is -0.479 e. The van der Waals surface area contributed by atoms with Crippen molar-refractivity contribution in [1.29, 1.82) is 0 Å². The quantitative estimate of drug-likeness (QED) is 0.799. The van der Waals surface area contributed by atoms with Gasteiger partial charge in [-0.25, -0.2) is 4.79 Å². The molecule has 0 aromatic rings. The summed E-state index contributed by atoms with van der Waals surface area (Å²) in [5, 5.41) is 10.1. The van der Waals surface area contributed by atoms with Crippen molar-refractivity contribution in [3.63, 3.8) is 0 Å². The molecule has 1 amide bonds. The molecule has 1 unspecified atom stereocenters. The third kappa shape index (κ3) is 4.45. The van der Waals surface area contributed by atoms with Gasteiger partial charge in [0.25, 0.3) is 0 Å². The molecule has 0 spiro atoms. The van der Waals surface area contributed by atoms with Gasteiger partial charge in [-0.15, -0.1) is 11.8 Å². The van der Waals surface area contributed by atoms with E-state index in [-0.39, 0.29) is 11.0 Å². The van der Waals surface area contributed by atoms with Crippen LogP contribution in [0, 0.1) is 0 Å². The maximum absolute atomic E-state index is 12.5. The smallest absolute Gasteiger partial charge is 0.422 e. The lowest BCUT2D eigenvalue weighted by atomic mass is 10.0. The van der Waals surface area contributed by atoms with Gasteiger partial charge in [-0.2, -0.15) is 13.2 Å². The molecule has 8 heteroatoms. The van der Waals surface area contributed by atoms with Crippen molar-refractivity contribution in [2.75, 3.05) is 5.75 Å². The normalized spacial score (nSPS) is 15.5. The lowest BCUT2D eigenvalue weighted by molar-refractivity contribution is -0.206. The molecule has 0 aromatic heterocycles. The van der Waals surface area contributed by atoms with Gasteiger partial charge >= 0.3 is 12.1 Å². The standard InChI is InChI=1S/C9H14F3NO3S/c1-5(2)17-4-6(14)13-8(3,7(15)16)9(10,11)12/h5H,4H2,1-3H3,(H,13,14)(H,15,16). The van der Waals surface area contributed by atoms with Gasteiger partial charge < -0.3 is 10.4 Å². The van der Waals surface area contributed by atoms with Gasteiger partial charge in [-0.1, -0.05) is 13.8 Å². The molecule has 0 saturated heterocycles. The van der Waals surface area contributed by atoms with Crippen LogP contribution in [0.4, 0.5) is 13.2 Å². The van der Waals surface area contributed by atoms with Crippen molar-refractivity contribution in [3.05, 3.63) is 0 Å². The largest absolute Gasteiger partial charge is 0.479 e. The van der Waals surface area contributed by atoms with Gasteiger partial charge in [0, 0.05) is 0 Å². The Morgan fingerprint density at radius 3 is 2.12 bits per heavy atom. The van der Waals surface area contributed by atoms with Gasteiger partial charge in [0.15, 0.2) is 0 Å². The molecule has 0 heterocycles. The highest BCUT2D eigenvalue weighted by atomic mass is 32.2. The fourth-order valence-electron chi connectivity index (χ4n) is 0.803. The van der Waals surface area contributed by atoms with E-state index in [9.17, 15) is 22.8 Å². The Hall–Kier alpha value is -0.920. The van der Waals surface area contributed by atoms with E-state index in [1.807, 2.05) is 0 Å². The first-order valence-corrected chi connectivity index (χ1v) is 5.78. The Bertz CT molecular complexity index is 306. The zero-order valence-corrected chi connectivity index (χ0v) is 10.4. The molecule has 1 atom stereocenters. The average Bonchev–Trinajstić information content (AvgIpc) is 2.12. The molecule has 0 aliphatic carbocycles. The average molecular weight is 273 g/mol. The molecule has 0 bridgehead atoms. The fourth-order valence-corrected chi connectivity index (χ4v) is 1.36. The number of thioether (sulfide) groups is 1. The van der Waals surface area contributed by atoms with Gasteiger partial charge in [0.2, 0.25) is 11.4 Å². The molecule has 4 nitrogen and oxygen atoms in total. The van der Waals surface area contributed by atoms with E-state index in [1.165, 1.54) is 5.32 Å². The van der Waals surface area contributed by atoms with E-state index in [4.69, 9.17) is 5.11 Å². The van der Waals surface area contributed by atoms with Crippen LogP contribution in [-0.2, 0) is 9.59 Å². The maximum Gasteiger partial charge on any atom is 0.422 e. The second kappa shape index (κ2) is 5.61. The predicted octanol–water partition coefficient (Wildman–Crippen LogP) is 1.65. The zero-order chi connectivity index (χ0) is 13.9. The molecule has 0 rings (SSSR count). The molecule has 0 aromatic carbocycles. The third-order valence-corrected chi connectivity index (χ3v) is 3.03. The predicted molar refractivity (Wildman–Crippen MR) is 57.8 cm³/mol. The summed E-state index contributed by atoms with van der Waals surface area (Å²) in [5.41, 5.74) is -3.25. The Labute approximate surface area is 101 Å². The molecular formula is C9H14F3NO3S. The number of nitrogens with one attached hydrogen (secondary N) is 1. The van der Waals surface area contributed by atoms with Crippen LogP contribution in [0.1, 0.15) is 20.8 Å². The minimum atomic E-state index is -5.04. The highest BCUT2D eigenvalue weighted by Gasteiger charge is 2.58. The van der Waals surface area contributed by atoms with Crippen LogP contribution in [0.5, 0.6) is 0 Å². The van der Waals surface area contributed by atoms with Crippen LogP contribution >= 0.6 is 11.8 Å². The molecular weight excluding hydrogens is 259 g/mol. The molecule has 0 saturated carbocycles. The summed E-state index contributed by atoms with van der Waals surface area (Å²) in [7, 11) is 0. The first-order chi connectivity index (χ1) is 7.50. The van der Waals surface area contributed by atoms with Gasteiger partial charge in [0.05, 0.1) is 5.75 Å². The molecule has 100 valence electrons. The van der Waals surface area contributed by atoms with Gasteiger partial charge in [0.1, 0.15) is 0 Å². The summed E-state index contributed by atoms with van der Waals surface area (Å²) in [6.45, 7) is 3.98. The zero-order valence-electron chi connectivity index (χ0n) is 9.59. The van der Waals surface area contributed by atoms with E-state index in [0.717, 1.165) is 11.8 Å². The Balaban J connectivity index is 4.69. The van der Waals surface area contributed by atoms with Crippen molar-refractivity contribution in [2.24, 2.45) is 0 Å². The fraction of sp³-hybridized carbons (Fsp3) is 0.778. The van der Waals surface area contributed by atoms with Crippen LogP contribution in [0.25, 0.3) is 0 Å². The number of hydrogen-bond donors (Lipinski definition) is 2. The summed E-state index contributed by atoms with van der Waals surface area (Å²) >= 11 is 1.13. The summed E-state index contributed by atoms with van der Waals surface area (Å²) in [6, 6.07) is 0. The SMILES string of the molecule is CC(C)SCC(=O)NC(C)(C(=O)O)C(F)(F)F. The topological polar surface area (TPSA) is 66.4 Å². The number of halogens is 3. The number of carbonyl (C=O) groups excluding carboxylic acids is 1. The van der Waals surface area contributed by atoms with Crippen molar-refractivity contribution in [3.8, 4) is 0 Å². The van der Waals surface area contributed by atoms with E-state index < -0.39 is 23.6 Å². The van der Waals surface area contributed by atoms with Gasteiger partial charge in [-0.05, 0) is 12.2 Å². The number of rotatable bonds is 5. The van der Waals surface area contributed by atoms with Crippen LogP contribution in [0.2, 0.25) is 0 Å². The summed E-state index contributed by atoms with van der Waals surface area (Å²) in [4.78, 5) is 21.8. The van der Waals surface area contributed by atoms with Crippen molar-refractivity contribution in [1.82, 2.24) is 5.32 Å². The number of aliphatic carboxylic acids is 1. The Morgan fingerprint density at radius 2 is 1.82 bits per heavy atom. The van der Waals surface area contributed by atoms with Crippen LogP contribution in [0.3, 0.4) is 0 Å². The molecule has 0 aliphatic heterocycles. The van der Waals surface area contributed by atoms with Crippen LogP contribution < -0.4 is 5.32 Å². The monoisotopic (exact) mass is 273 g/mol. The number of amides is 1. The van der Waals surface area contributed by atoms with E-state index in [2.05, 4.69) is 0 Å². The second-order valence-corrected chi connectivity index (χ2v) is 5.40. The van der Waals surface area contributed by atoms with Gasteiger partial charge in [-0.3, -0.25) is 4.79 Å². The first kappa shape index (κ1) is 16.1. The Morgan fingerprint density at radius 1 is 1.35 bits per heavy atom. The summed E-state index contributed by atoms with van der Waals surface area (Å²) in [6.07, 6.45) is -5.04. The van der Waals surface area contributed by atoms with Crippen LogP contribution in [-0.4, -0.2) is 39.7 Å². The summed E-state index contributed by atoms with van der Waals surface area (Å²) in [5.74, 6) is -3.30. The van der Waals surface area contributed by atoms with E-state index in [0.29, 0.717) is 6.92 Å². The molecule has 17 heavy (non-hydrogen) atoms. The van der Waals surface area contributed by atoms with Crippen LogP contribution in [0.15, 0.2) is 0 Å². The third-order valence-electron chi connectivity index (χ3n) is 1.93. The lowest BCUT2D eigenvalue weighted by Gasteiger charge is -2.28. The molecule has 0 aliphatic rings. The number of carbonyl (C=O) groups is 2. The first-order valence-electron chi connectivity index (χ1n) is 4.73. The minimum absolute atomic E-state index is 0.0720. The van der Waals surface area contributed by atoms with Crippen molar-refractivity contribution >= 4 is 23.6 Å².